The minimum atomic E-state index is -3.20. The zero-order chi connectivity index (χ0) is 21.5. The van der Waals surface area contributed by atoms with Gasteiger partial charge in [-0.15, -0.1) is 0 Å². The third kappa shape index (κ3) is 6.84. The third-order valence-electron chi connectivity index (χ3n) is 3.77. The van der Waals surface area contributed by atoms with Gasteiger partial charge in [-0.1, -0.05) is 19.9 Å². The summed E-state index contributed by atoms with van der Waals surface area (Å²) in [5.74, 6) is -0.736. The number of hydrogen-bond acceptors (Lipinski definition) is 8. The van der Waals surface area contributed by atoms with E-state index in [1.54, 1.807) is 6.08 Å². The number of nitro groups is 2. The van der Waals surface area contributed by atoms with Crippen molar-refractivity contribution in [1.82, 2.24) is 5.32 Å². The van der Waals surface area contributed by atoms with E-state index < -0.39 is 40.1 Å². The van der Waals surface area contributed by atoms with Crippen molar-refractivity contribution in [2.45, 2.75) is 20.3 Å². The molecule has 0 aliphatic heterocycles. The summed E-state index contributed by atoms with van der Waals surface area (Å²) in [4.78, 5) is 32.3. The summed E-state index contributed by atoms with van der Waals surface area (Å²) in [7, 11) is -0.597. The normalized spacial score (nSPS) is 12.1. The molecule has 0 radical (unpaired) electrons. The van der Waals surface area contributed by atoms with Crippen LogP contribution >= 0.6 is 7.60 Å². The lowest BCUT2D eigenvalue weighted by molar-refractivity contribution is -0.394. The van der Waals surface area contributed by atoms with Crippen LogP contribution in [0.4, 0.5) is 11.4 Å². The van der Waals surface area contributed by atoms with E-state index in [0.29, 0.717) is 6.42 Å². The van der Waals surface area contributed by atoms with Crippen molar-refractivity contribution >= 4 is 24.9 Å². The van der Waals surface area contributed by atoms with Gasteiger partial charge in [0.1, 0.15) is 0 Å². The second-order valence-electron chi connectivity index (χ2n) is 6.63. The molecule has 1 aromatic rings. The highest BCUT2D eigenvalue weighted by Gasteiger charge is 2.31. The van der Waals surface area contributed by atoms with Gasteiger partial charge in [-0.05, 0) is 11.8 Å². The number of carbonyl (C=O) groups excluding carboxylic acids is 1. The lowest BCUT2D eigenvalue weighted by Gasteiger charge is -2.26. The molecule has 0 fully saturated rings. The topological polar surface area (TPSA) is 151 Å². The molecule has 0 aliphatic rings. The monoisotopic (exact) mass is 415 g/mol. The molecular weight excluding hydrogens is 393 g/mol. The number of hydrogen-bond donors (Lipinski definition) is 1. The molecule has 0 bridgehead atoms. The number of amides is 1. The smallest absolute Gasteiger partial charge is 0.329 e. The van der Waals surface area contributed by atoms with Crippen LogP contribution in [-0.2, 0) is 13.6 Å². The first kappa shape index (κ1) is 23.4. The lowest BCUT2D eigenvalue weighted by atomic mass is 9.92. The van der Waals surface area contributed by atoms with Crippen LogP contribution in [0, 0.1) is 25.6 Å². The van der Waals surface area contributed by atoms with Gasteiger partial charge in [-0.3, -0.25) is 29.6 Å². The molecule has 1 rings (SSSR count). The third-order valence-corrected chi connectivity index (χ3v) is 6.12. The highest BCUT2D eigenvalue weighted by atomic mass is 31.2. The molecular formula is C16H22N3O8P. The largest absolute Gasteiger partial charge is 0.330 e. The van der Waals surface area contributed by atoms with E-state index in [9.17, 15) is 29.6 Å². The summed E-state index contributed by atoms with van der Waals surface area (Å²) >= 11 is 0. The molecule has 0 atom stereocenters. The van der Waals surface area contributed by atoms with Crippen molar-refractivity contribution in [3.8, 4) is 0 Å². The number of nitrogens with one attached hydrogen (secondary N) is 1. The van der Waals surface area contributed by atoms with Crippen LogP contribution in [0.5, 0.6) is 0 Å². The van der Waals surface area contributed by atoms with Gasteiger partial charge in [0.05, 0.1) is 27.6 Å². The minimum absolute atomic E-state index is 0.155. The number of allylic oxidation sites excluding steroid dienone is 1. The highest BCUT2D eigenvalue weighted by molar-refractivity contribution is 7.53. The molecule has 0 spiro atoms. The Balaban J connectivity index is 2.83. The summed E-state index contributed by atoms with van der Waals surface area (Å²) in [6.45, 7) is 3.68. The van der Waals surface area contributed by atoms with Crippen molar-refractivity contribution in [2.24, 2.45) is 5.41 Å². The molecule has 0 aromatic heterocycles. The molecule has 1 aromatic carbocycles. The maximum absolute atomic E-state index is 12.2. The molecule has 1 N–H and O–H groups in total. The summed E-state index contributed by atoms with van der Waals surface area (Å²) < 4.78 is 22.0. The fourth-order valence-corrected chi connectivity index (χ4v) is 3.91. The van der Waals surface area contributed by atoms with Gasteiger partial charge < -0.3 is 14.4 Å². The molecule has 154 valence electrons. The Morgan fingerprint density at radius 1 is 1.14 bits per heavy atom. The standard InChI is InChI=1S/C16H22N3O8P/c1-16(2,11-28(25,26-3)27-4)6-5-7-17-15(20)12-8-13(18(21)22)10-14(9-12)19(23)24/h5,7-10H,6,11H2,1-4H3,(H,17,20). The average molecular weight is 415 g/mol. The van der Waals surface area contributed by atoms with Crippen molar-refractivity contribution in [3.05, 3.63) is 56.3 Å². The Morgan fingerprint density at radius 2 is 1.64 bits per heavy atom. The summed E-state index contributed by atoms with van der Waals surface area (Å²) in [5, 5.41) is 24.2. The van der Waals surface area contributed by atoms with E-state index in [1.165, 1.54) is 20.4 Å². The Morgan fingerprint density at radius 3 is 2.07 bits per heavy atom. The fourth-order valence-electron chi connectivity index (χ4n) is 2.33. The van der Waals surface area contributed by atoms with E-state index in [-0.39, 0.29) is 11.7 Å². The van der Waals surface area contributed by atoms with Gasteiger partial charge in [-0.25, -0.2) is 0 Å². The highest BCUT2D eigenvalue weighted by Crippen LogP contribution is 2.51. The second-order valence-corrected chi connectivity index (χ2v) is 8.90. The summed E-state index contributed by atoms with van der Waals surface area (Å²) in [5.41, 5.74) is -1.79. The van der Waals surface area contributed by atoms with E-state index in [1.807, 2.05) is 13.8 Å². The fraction of sp³-hybridized carbons (Fsp3) is 0.438. The van der Waals surface area contributed by atoms with Crippen LogP contribution in [0.25, 0.3) is 0 Å². The van der Waals surface area contributed by atoms with Crippen molar-refractivity contribution in [1.29, 1.82) is 0 Å². The Kier molecular flexibility index (Phi) is 7.98. The Hall–Kier alpha value is -2.62. The van der Waals surface area contributed by atoms with Crippen molar-refractivity contribution in [2.75, 3.05) is 20.4 Å². The first-order valence-corrected chi connectivity index (χ1v) is 9.76. The van der Waals surface area contributed by atoms with Gasteiger partial charge in [0.25, 0.3) is 17.3 Å². The SMILES string of the molecule is COP(=O)(CC(C)(C)CC=CNC(=O)c1cc([N+](=O)[O-])cc([N+](=O)[O-])c1)OC. The summed E-state index contributed by atoms with van der Waals surface area (Å²) in [6.07, 6.45) is 3.50. The van der Waals surface area contributed by atoms with Gasteiger partial charge in [0.15, 0.2) is 0 Å². The van der Waals surface area contributed by atoms with Crippen LogP contribution in [-0.4, -0.2) is 36.1 Å². The van der Waals surface area contributed by atoms with Gasteiger partial charge in [-0.2, -0.15) is 0 Å². The number of nitro benzene ring substituents is 2. The van der Waals surface area contributed by atoms with E-state index in [0.717, 1.165) is 18.2 Å². The number of rotatable bonds is 10. The molecule has 11 nitrogen and oxygen atoms in total. The van der Waals surface area contributed by atoms with Gasteiger partial charge in [0.2, 0.25) is 0 Å². The molecule has 12 heteroatoms. The quantitative estimate of drug-likeness (QED) is 0.345. The number of benzene rings is 1. The maximum Gasteiger partial charge on any atom is 0.330 e. The molecule has 0 saturated heterocycles. The zero-order valence-electron chi connectivity index (χ0n) is 15.9. The molecule has 0 aliphatic carbocycles. The molecule has 0 saturated carbocycles. The Bertz CT molecular complexity index is 797. The lowest BCUT2D eigenvalue weighted by Crippen LogP contribution is -2.19. The van der Waals surface area contributed by atoms with E-state index in [4.69, 9.17) is 9.05 Å². The summed E-state index contributed by atoms with van der Waals surface area (Å²) in [6, 6.07) is 2.68. The molecule has 28 heavy (non-hydrogen) atoms. The zero-order valence-corrected chi connectivity index (χ0v) is 16.8. The number of non-ortho nitro benzene ring substituents is 2. The first-order chi connectivity index (χ1) is 12.9. The van der Waals surface area contributed by atoms with Crippen molar-refractivity contribution in [3.63, 3.8) is 0 Å². The van der Waals surface area contributed by atoms with E-state index in [2.05, 4.69) is 5.32 Å². The predicted octanol–water partition coefficient (Wildman–Crippen LogP) is 3.65. The maximum atomic E-state index is 12.2. The number of nitrogens with zero attached hydrogens (tertiary/aromatic N) is 2. The minimum Gasteiger partial charge on any atom is -0.329 e. The van der Waals surface area contributed by atoms with E-state index >= 15 is 0 Å². The van der Waals surface area contributed by atoms with Gasteiger partial charge >= 0.3 is 7.60 Å². The number of carbonyl (C=O) groups is 1. The predicted molar refractivity (Wildman–Crippen MR) is 101 cm³/mol. The van der Waals surface area contributed by atoms with Crippen LogP contribution in [0.1, 0.15) is 30.6 Å². The van der Waals surface area contributed by atoms with Crippen LogP contribution in [0.2, 0.25) is 0 Å². The van der Waals surface area contributed by atoms with Crippen LogP contribution < -0.4 is 5.32 Å². The first-order valence-electron chi connectivity index (χ1n) is 8.03. The van der Waals surface area contributed by atoms with Crippen LogP contribution in [0.3, 0.4) is 0 Å². The average Bonchev–Trinajstić information content (AvgIpc) is 2.64. The Labute approximate surface area is 161 Å². The van der Waals surface area contributed by atoms with Crippen LogP contribution in [0.15, 0.2) is 30.5 Å². The molecule has 0 heterocycles. The van der Waals surface area contributed by atoms with Gasteiger partial charge in [0, 0.05) is 32.6 Å². The second kappa shape index (κ2) is 9.54. The van der Waals surface area contributed by atoms with Crippen molar-refractivity contribution < 1.29 is 28.3 Å². The molecule has 1 amide bonds. The molecule has 0 unspecified atom stereocenters.